The van der Waals surface area contributed by atoms with Gasteiger partial charge in [0.2, 0.25) is 0 Å². The minimum absolute atomic E-state index is 0.153. The molecule has 0 radical (unpaired) electrons. The van der Waals surface area contributed by atoms with Crippen LogP contribution in [0.15, 0.2) is 0 Å². The lowest BCUT2D eigenvalue weighted by molar-refractivity contribution is -0.117. The first kappa shape index (κ1) is 10.7. The summed E-state index contributed by atoms with van der Waals surface area (Å²) in [5.41, 5.74) is -0.379. The molecular formula is C11H20N2O2. The fourth-order valence-electron chi connectivity index (χ4n) is 2.24. The molecule has 4 nitrogen and oxygen atoms in total. The number of hydrogen-bond acceptors (Lipinski definition) is 3. The quantitative estimate of drug-likeness (QED) is 0.657. The molecule has 15 heavy (non-hydrogen) atoms. The van der Waals surface area contributed by atoms with Gasteiger partial charge in [-0.15, -0.1) is 0 Å². The van der Waals surface area contributed by atoms with Gasteiger partial charge in [-0.05, 0) is 27.3 Å². The molecule has 2 unspecified atom stereocenters. The molecule has 2 saturated heterocycles. The minimum atomic E-state index is -0.379. The number of piperazine rings is 1. The van der Waals surface area contributed by atoms with E-state index in [1.54, 1.807) is 0 Å². The van der Waals surface area contributed by atoms with E-state index in [1.165, 1.54) is 0 Å². The van der Waals surface area contributed by atoms with E-state index in [-0.39, 0.29) is 11.7 Å². The molecule has 0 bridgehead atoms. The van der Waals surface area contributed by atoms with Crippen molar-refractivity contribution in [3.05, 3.63) is 0 Å². The number of ether oxygens (including phenoxy) is 1. The molecule has 86 valence electrons. The summed E-state index contributed by atoms with van der Waals surface area (Å²) in [5, 5.41) is 0. The van der Waals surface area contributed by atoms with E-state index < -0.39 is 0 Å². The van der Waals surface area contributed by atoms with Crippen LogP contribution in [-0.2, 0) is 4.74 Å². The molecule has 2 atom stereocenters. The van der Waals surface area contributed by atoms with Crippen LogP contribution < -0.4 is 0 Å². The maximum absolute atomic E-state index is 11.7. The first-order chi connectivity index (χ1) is 6.92. The van der Waals surface area contributed by atoms with Crippen molar-refractivity contribution < 1.29 is 9.53 Å². The van der Waals surface area contributed by atoms with Crippen molar-refractivity contribution in [1.82, 2.24) is 9.80 Å². The average Bonchev–Trinajstić information content (AvgIpc) is 2.05. The zero-order valence-corrected chi connectivity index (χ0v) is 9.99. The van der Waals surface area contributed by atoms with Crippen LogP contribution in [0, 0.1) is 0 Å². The Balaban J connectivity index is 1.82. The maximum Gasteiger partial charge on any atom is 0.410 e. The zero-order chi connectivity index (χ0) is 11.2. The van der Waals surface area contributed by atoms with Crippen molar-refractivity contribution in [2.45, 2.75) is 45.4 Å². The first-order valence-corrected chi connectivity index (χ1v) is 5.66. The monoisotopic (exact) mass is 212 g/mol. The molecule has 2 fully saturated rings. The molecule has 2 heterocycles. The highest BCUT2D eigenvalue weighted by Gasteiger charge is 2.53. The lowest BCUT2D eigenvalue weighted by atomic mass is 9.86. The summed E-state index contributed by atoms with van der Waals surface area (Å²) in [6, 6.07) is 1.02. The summed E-state index contributed by atoms with van der Waals surface area (Å²) in [7, 11) is 0. The molecule has 0 aromatic carbocycles. The Labute approximate surface area is 91.2 Å². The van der Waals surface area contributed by atoms with Crippen molar-refractivity contribution in [2.24, 2.45) is 0 Å². The van der Waals surface area contributed by atoms with Gasteiger partial charge in [0.15, 0.2) is 0 Å². The van der Waals surface area contributed by atoms with Gasteiger partial charge in [0.05, 0.1) is 6.04 Å². The van der Waals surface area contributed by atoms with Crippen LogP contribution in [0.3, 0.4) is 0 Å². The van der Waals surface area contributed by atoms with E-state index in [1.807, 2.05) is 25.7 Å². The molecule has 1 amide bonds. The van der Waals surface area contributed by atoms with Gasteiger partial charge in [-0.2, -0.15) is 0 Å². The van der Waals surface area contributed by atoms with Gasteiger partial charge < -0.3 is 9.64 Å². The van der Waals surface area contributed by atoms with Crippen LogP contribution >= 0.6 is 0 Å². The van der Waals surface area contributed by atoms with Crippen LogP contribution in [0.5, 0.6) is 0 Å². The number of carbonyl (C=O) groups is 1. The highest BCUT2D eigenvalue weighted by atomic mass is 16.6. The lowest BCUT2D eigenvalue weighted by Gasteiger charge is -2.61. The number of nitrogens with zero attached hydrogens (tertiary/aromatic N) is 2. The minimum Gasteiger partial charge on any atom is -0.444 e. The van der Waals surface area contributed by atoms with Crippen LogP contribution in [-0.4, -0.2) is 53.2 Å². The van der Waals surface area contributed by atoms with Crippen LogP contribution in [0.2, 0.25) is 0 Å². The second-order valence-electron chi connectivity index (χ2n) is 5.35. The number of rotatable bonds is 1. The molecule has 2 aliphatic heterocycles. The normalized spacial score (nSPS) is 30.3. The molecule has 0 aliphatic carbocycles. The molecular weight excluding hydrogens is 192 g/mol. The molecule has 2 aliphatic rings. The van der Waals surface area contributed by atoms with Gasteiger partial charge in [0, 0.05) is 19.1 Å². The predicted molar refractivity (Wildman–Crippen MR) is 57.8 cm³/mol. The highest BCUT2D eigenvalue weighted by Crippen LogP contribution is 2.33. The van der Waals surface area contributed by atoms with Crippen molar-refractivity contribution in [3.63, 3.8) is 0 Å². The number of amides is 1. The Morgan fingerprint density at radius 3 is 2.40 bits per heavy atom. The summed E-state index contributed by atoms with van der Waals surface area (Å²) < 4.78 is 5.33. The molecule has 4 heteroatoms. The second-order valence-corrected chi connectivity index (χ2v) is 5.35. The topological polar surface area (TPSA) is 32.8 Å². The largest absolute Gasteiger partial charge is 0.444 e. The fraction of sp³-hybridized carbons (Fsp3) is 0.909. The number of carbonyl (C=O) groups excluding carboxylic acids is 1. The van der Waals surface area contributed by atoms with Crippen LogP contribution in [0.25, 0.3) is 0 Å². The summed E-state index contributed by atoms with van der Waals surface area (Å²) in [4.78, 5) is 16.0. The van der Waals surface area contributed by atoms with E-state index in [0.29, 0.717) is 12.1 Å². The maximum atomic E-state index is 11.7. The average molecular weight is 212 g/mol. The molecule has 0 N–H and O–H groups in total. The zero-order valence-electron chi connectivity index (χ0n) is 9.99. The lowest BCUT2D eigenvalue weighted by Crippen LogP contribution is -2.79. The molecule has 0 aromatic heterocycles. The Kier molecular flexibility index (Phi) is 2.41. The van der Waals surface area contributed by atoms with Gasteiger partial charge in [0.1, 0.15) is 5.60 Å². The first-order valence-electron chi connectivity index (χ1n) is 5.66. The standard InChI is InChI=1S/C11H20N2O2/c1-5-12-6-9-8(12)7-13(9)10(14)15-11(2,3)4/h8-9H,5-7H2,1-4H3. The number of likely N-dealkylation sites (N-methyl/N-ethyl adjacent to an activating group) is 1. The van der Waals surface area contributed by atoms with Crippen LogP contribution in [0.4, 0.5) is 4.79 Å². The molecule has 0 aromatic rings. The predicted octanol–water partition coefficient (Wildman–Crippen LogP) is 1.31. The van der Waals surface area contributed by atoms with E-state index >= 15 is 0 Å². The summed E-state index contributed by atoms with van der Waals surface area (Å²) in [6.07, 6.45) is -0.153. The fourth-order valence-corrected chi connectivity index (χ4v) is 2.24. The third-order valence-corrected chi connectivity index (χ3v) is 3.15. The number of fused-ring (bicyclic) bond motifs is 1. The Morgan fingerprint density at radius 2 is 2.00 bits per heavy atom. The van der Waals surface area contributed by atoms with Gasteiger partial charge in [0.25, 0.3) is 0 Å². The van der Waals surface area contributed by atoms with E-state index in [9.17, 15) is 4.79 Å². The molecule has 0 spiro atoms. The Bertz CT molecular complexity index is 272. The van der Waals surface area contributed by atoms with E-state index in [0.717, 1.165) is 19.6 Å². The van der Waals surface area contributed by atoms with Crippen molar-refractivity contribution in [2.75, 3.05) is 19.6 Å². The summed E-state index contributed by atoms with van der Waals surface area (Å²) in [5.74, 6) is 0. The van der Waals surface area contributed by atoms with E-state index in [2.05, 4.69) is 11.8 Å². The smallest absolute Gasteiger partial charge is 0.410 e. The van der Waals surface area contributed by atoms with Crippen LogP contribution in [0.1, 0.15) is 27.7 Å². The second kappa shape index (κ2) is 3.37. The SMILES string of the molecule is CCN1CC2C1CN2C(=O)OC(C)(C)C. The third kappa shape index (κ3) is 1.83. The molecule has 2 rings (SSSR count). The highest BCUT2D eigenvalue weighted by molar-refractivity contribution is 5.70. The number of likely N-dealkylation sites (tertiary alicyclic amines) is 2. The van der Waals surface area contributed by atoms with Gasteiger partial charge >= 0.3 is 6.09 Å². The van der Waals surface area contributed by atoms with Crippen molar-refractivity contribution >= 4 is 6.09 Å². The van der Waals surface area contributed by atoms with E-state index in [4.69, 9.17) is 4.74 Å². The van der Waals surface area contributed by atoms with Crippen molar-refractivity contribution in [1.29, 1.82) is 0 Å². The summed E-state index contributed by atoms with van der Waals surface area (Å²) >= 11 is 0. The third-order valence-electron chi connectivity index (χ3n) is 3.15. The van der Waals surface area contributed by atoms with Gasteiger partial charge in [-0.3, -0.25) is 4.90 Å². The van der Waals surface area contributed by atoms with Gasteiger partial charge in [-0.25, -0.2) is 4.79 Å². The number of hydrogen-bond donors (Lipinski definition) is 0. The Hall–Kier alpha value is -0.770. The van der Waals surface area contributed by atoms with Gasteiger partial charge in [-0.1, -0.05) is 6.92 Å². The molecule has 0 saturated carbocycles. The summed E-state index contributed by atoms with van der Waals surface area (Å²) in [6.45, 7) is 10.8. The Morgan fingerprint density at radius 1 is 1.33 bits per heavy atom. The van der Waals surface area contributed by atoms with Crippen molar-refractivity contribution in [3.8, 4) is 0 Å².